The topological polar surface area (TPSA) is 52.1 Å². The van der Waals surface area contributed by atoms with E-state index in [0.29, 0.717) is 6.04 Å². The minimum atomic E-state index is 0.137. The summed E-state index contributed by atoms with van der Waals surface area (Å²) in [5.74, 6) is 0.892. The molecule has 1 unspecified atom stereocenters. The van der Waals surface area contributed by atoms with Gasteiger partial charge >= 0.3 is 0 Å². The molecule has 0 aromatic carbocycles. The van der Waals surface area contributed by atoms with Crippen molar-refractivity contribution in [2.75, 3.05) is 60.5 Å². The van der Waals surface area contributed by atoms with Crippen molar-refractivity contribution in [3.63, 3.8) is 0 Å². The first kappa shape index (κ1) is 20.6. The zero-order valence-electron chi connectivity index (χ0n) is 17.0. The summed E-state index contributed by atoms with van der Waals surface area (Å²) in [6.07, 6.45) is 4.72. The fourth-order valence-electron chi connectivity index (χ4n) is 4.14. The van der Waals surface area contributed by atoms with Gasteiger partial charge in [-0.1, -0.05) is 6.07 Å². The number of guanidine groups is 1. The number of nitrogens with zero attached hydrogens (tertiary/aromatic N) is 3. The van der Waals surface area contributed by atoms with Crippen molar-refractivity contribution in [1.82, 2.24) is 20.4 Å². The van der Waals surface area contributed by atoms with Gasteiger partial charge in [-0.15, -0.1) is 11.3 Å². The molecule has 6 nitrogen and oxygen atoms in total. The van der Waals surface area contributed by atoms with Crippen LogP contribution in [0.3, 0.4) is 0 Å². The standard InChI is InChI=1S/C20H35N5OS/c1-21-19(23-16-20(24(2)3)8-12-26-13-9-20)22-15-17(18-7-6-14-27-18)25-10-4-5-11-25/h6-7,14,17H,4-5,8-13,15-16H2,1-3H3,(H2,21,22,23). The van der Waals surface area contributed by atoms with E-state index >= 15 is 0 Å². The molecule has 0 saturated carbocycles. The van der Waals surface area contributed by atoms with Gasteiger partial charge in [0, 0.05) is 43.8 Å². The SMILES string of the molecule is CN=C(NCC(c1cccs1)N1CCCC1)NCC1(N(C)C)CCOCC1. The maximum atomic E-state index is 5.58. The fraction of sp³-hybridized carbons (Fsp3) is 0.750. The van der Waals surface area contributed by atoms with Gasteiger partial charge in [-0.3, -0.25) is 9.89 Å². The van der Waals surface area contributed by atoms with Crippen molar-refractivity contribution >= 4 is 17.3 Å². The first-order valence-electron chi connectivity index (χ1n) is 10.1. The third-order valence-corrected chi connectivity index (χ3v) is 7.07. The van der Waals surface area contributed by atoms with E-state index in [4.69, 9.17) is 4.74 Å². The van der Waals surface area contributed by atoms with E-state index in [9.17, 15) is 0 Å². The normalized spacial score (nSPS) is 22.1. The summed E-state index contributed by atoms with van der Waals surface area (Å²) < 4.78 is 5.58. The van der Waals surface area contributed by atoms with Gasteiger partial charge in [-0.2, -0.15) is 0 Å². The highest BCUT2D eigenvalue weighted by Gasteiger charge is 2.35. The first-order chi connectivity index (χ1) is 13.1. The molecule has 0 spiro atoms. The molecular weight excluding hydrogens is 358 g/mol. The molecule has 2 fully saturated rings. The zero-order chi connectivity index (χ0) is 19.1. The van der Waals surface area contributed by atoms with Crippen molar-refractivity contribution in [3.8, 4) is 0 Å². The average Bonchev–Trinajstić information content (AvgIpc) is 3.39. The number of thiophene rings is 1. The molecule has 7 heteroatoms. The van der Waals surface area contributed by atoms with Crippen LogP contribution in [0.4, 0.5) is 0 Å². The molecule has 3 rings (SSSR count). The van der Waals surface area contributed by atoms with Crippen molar-refractivity contribution in [1.29, 1.82) is 0 Å². The Kier molecular flexibility index (Phi) is 7.52. The Balaban J connectivity index is 1.57. The lowest BCUT2D eigenvalue weighted by Crippen LogP contribution is -2.57. The van der Waals surface area contributed by atoms with E-state index in [1.54, 1.807) is 0 Å². The van der Waals surface area contributed by atoms with E-state index < -0.39 is 0 Å². The molecule has 2 N–H and O–H groups in total. The van der Waals surface area contributed by atoms with Gasteiger partial charge in [0.15, 0.2) is 5.96 Å². The lowest BCUT2D eigenvalue weighted by atomic mass is 9.88. The monoisotopic (exact) mass is 393 g/mol. The van der Waals surface area contributed by atoms with E-state index in [1.807, 2.05) is 18.4 Å². The summed E-state index contributed by atoms with van der Waals surface area (Å²) in [7, 11) is 6.20. The van der Waals surface area contributed by atoms with Crippen molar-refractivity contribution in [3.05, 3.63) is 22.4 Å². The van der Waals surface area contributed by atoms with E-state index in [0.717, 1.165) is 45.1 Å². The molecule has 2 saturated heterocycles. The molecule has 2 aliphatic heterocycles. The molecule has 2 aliphatic rings. The molecule has 1 atom stereocenters. The molecule has 0 radical (unpaired) electrons. The van der Waals surface area contributed by atoms with Gasteiger partial charge in [0.25, 0.3) is 0 Å². The van der Waals surface area contributed by atoms with Crippen molar-refractivity contribution in [2.45, 2.75) is 37.3 Å². The second-order valence-corrected chi connectivity index (χ2v) is 8.79. The number of nitrogens with one attached hydrogen (secondary N) is 2. The Morgan fingerprint density at radius 2 is 2.04 bits per heavy atom. The van der Waals surface area contributed by atoms with Gasteiger partial charge in [-0.05, 0) is 64.3 Å². The highest BCUT2D eigenvalue weighted by molar-refractivity contribution is 7.10. The molecular formula is C20H35N5OS. The van der Waals surface area contributed by atoms with Crippen LogP contribution in [0.1, 0.15) is 36.6 Å². The first-order valence-corrected chi connectivity index (χ1v) is 11.0. The number of likely N-dealkylation sites (N-methyl/N-ethyl adjacent to an activating group) is 1. The number of likely N-dealkylation sites (tertiary alicyclic amines) is 1. The average molecular weight is 394 g/mol. The number of aliphatic imine (C=N–C) groups is 1. The molecule has 0 aliphatic carbocycles. The Morgan fingerprint density at radius 1 is 1.30 bits per heavy atom. The van der Waals surface area contributed by atoms with Crippen LogP contribution < -0.4 is 10.6 Å². The van der Waals surface area contributed by atoms with Crippen LogP contribution in [0.15, 0.2) is 22.5 Å². The summed E-state index contributed by atoms with van der Waals surface area (Å²) >= 11 is 1.85. The maximum Gasteiger partial charge on any atom is 0.191 e. The molecule has 3 heterocycles. The lowest BCUT2D eigenvalue weighted by molar-refractivity contribution is -0.00502. The summed E-state index contributed by atoms with van der Waals surface area (Å²) in [6.45, 7) is 5.83. The Labute approximate surface area is 168 Å². The smallest absolute Gasteiger partial charge is 0.191 e. The molecule has 1 aromatic heterocycles. The van der Waals surface area contributed by atoms with Gasteiger partial charge in [0.05, 0.1) is 6.04 Å². The second-order valence-electron chi connectivity index (χ2n) is 7.81. The van der Waals surface area contributed by atoms with Crippen molar-refractivity contribution in [2.24, 2.45) is 4.99 Å². The van der Waals surface area contributed by atoms with Crippen LogP contribution in [0, 0.1) is 0 Å². The Morgan fingerprint density at radius 3 is 2.63 bits per heavy atom. The number of hydrogen-bond donors (Lipinski definition) is 2. The molecule has 1 aromatic rings. The van der Waals surface area contributed by atoms with E-state index in [-0.39, 0.29) is 5.54 Å². The zero-order valence-corrected chi connectivity index (χ0v) is 17.9. The van der Waals surface area contributed by atoms with Crippen LogP contribution in [0.5, 0.6) is 0 Å². The van der Waals surface area contributed by atoms with Crippen LogP contribution in [0.25, 0.3) is 0 Å². The summed E-state index contributed by atoms with van der Waals surface area (Å²) in [5, 5.41) is 9.34. The third-order valence-electron chi connectivity index (χ3n) is 6.10. The largest absolute Gasteiger partial charge is 0.381 e. The minimum absolute atomic E-state index is 0.137. The van der Waals surface area contributed by atoms with Crippen LogP contribution >= 0.6 is 11.3 Å². The van der Waals surface area contributed by atoms with E-state index in [1.165, 1.54) is 30.8 Å². The quantitative estimate of drug-likeness (QED) is 0.549. The number of ether oxygens (including phenoxy) is 1. The van der Waals surface area contributed by atoms with Crippen LogP contribution in [-0.2, 0) is 4.74 Å². The fourth-order valence-corrected chi connectivity index (χ4v) is 5.00. The number of hydrogen-bond acceptors (Lipinski definition) is 5. The molecule has 0 bridgehead atoms. The van der Waals surface area contributed by atoms with Gasteiger partial charge in [-0.25, -0.2) is 0 Å². The highest BCUT2D eigenvalue weighted by Crippen LogP contribution is 2.28. The Hall–Kier alpha value is -1.15. The number of rotatable bonds is 7. The molecule has 0 amide bonds. The summed E-state index contributed by atoms with van der Waals surface area (Å²) in [6, 6.07) is 4.84. The third kappa shape index (κ3) is 5.22. The minimum Gasteiger partial charge on any atom is -0.381 e. The predicted octanol–water partition coefficient (Wildman–Crippen LogP) is 2.16. The Bertz CT molecular complexity index is 577. The maximum absolute atomic E-state index is 5.58. The summed E-state index contributed by atoms with van der Waals surface area (Å²) in [4.78, 5) is 10.9. The van der Waals surface area contributed by atoms with Gasteiger partial charge < -0.3 is 20.3 Å². The predicted molar refractivity (Wildman–Crippen MR) is 114 cm³/mol. The second kappa shape index (κ2) is 9.87. The van der Waals surface area contributed by atoms with Gasteiger partial charge in [0.1, 0.15) is 0 Å². The lowest BCUT2D eigenvalue weighted by Gasteiger charge is -2.43. The van der Waals surface area contributed by atoms with Crippen LogP contribution in [-0.4, -0.2) is 81.8 Å². The molecule has 152 valence electrons. The van der Waals surface area contributed by atoms with Crippen molar-refractivity contribution < 1.29 is 4.74 Å². The summed E-state index contributed by atoms with van der Waals surface area (Å²) in [5.41, 5.74) is 0.137. The van der Waals surface area contributed by atoms with Crippen LogP contribution in [0.2, 0.25) is 0 Å². The van der Waals surface area contributed by atoms with Gasteiger partial charge in [0.2, 0.25) is 0 Å². The highest BCUT2D eigenvalue weighted by atomic mass is 32.1. The van der Waals surface area contributed by atoms with E-state index in [2.05, 4.69) is 57.0 Å². The molecule has 27 heavy (non-hydrogen) atoms.